The summed E-state index contributed by atoms with van der Waals surface area (Å²) in [6, 6.07) is 3.06. The second kappa shape index (κ2) is 13.8. The smallest absolute Gasteiger partial charge is 0.422 e. The van der Waals surface area contributed by atoms with Crippen LogP contribution in [0.4, 0.5) is 13.2 Å². The number of aromatic nitrogens is 1. The number of halogens is 4. The highest BCUT2D eigenvalue weighted by atomic mass is 127. The fraction of sp³-hybridized carbons (Fsp3) is 0.647. The molecule has 156 valence electrons. The standard InChI is InChI=1S/C17H27F3N4O2.HI/c1-13(2)11-25-8-4-7-22-16(21-3)24-10-14-5-6-15(23-9-14)26-12-17(18,19)20;/h5-6,9,13H,4,7-8,10-12H2,1-3H3,(H2,21,22,24);1H. The predicted molar refractivity (Wildman–Crippen MR) is 110 cm³/mol. The first kappa shape index (κ1) is 25.7. The maximum atomic E-state index is 12.1. The first-order valence-corrected chi connectivity index (χ1v) is 8.47. The molecule has 27 heavy (non-hydrogen) atoms. The average Bonchev–Trinajstić information content (AvgIpc) is 2.58. The lowest BCUT2D eigenvalue weighted by Crippen LogP contribution is -2.37. The molecule has 0 aliphatic rings. The number of nitrogens with zero attached hydrogens (tertiary/aromatic N) is 2. The monoisotopic (exact) mass is 504 g/mol. The summed E-state index contributed by atoms with van der Waals surface area (Å²) < 4.78 is 46.3. The molecular formula is C17H28F3IN4O2. The molecule has 0 fully saturated rings. The lowest BCUT2D eigenvalue weighted by molar-refractivity contribution is -0.154. The Hall–Kier alpha value is -1.30. The van der Waals surface area contributed by atoms with Gasteiger partial charge in [0.15, 0.2) is 12.6 Å². The average molecular weight is 504 g/mol. The van der Waals surface area contributed by atoms with Crippen molar-refractivity contribution in [1.29, 1.82) is 0 Å². The van der Waals surface area contributed by atoms with E-state index in [1.807, 2.05) is 0 Å². The molecule has 0 spiro atoms. The number of pyridine rings is 1. The van der Waals surface area contributed by atoms with E-state index in [0.29, 0.717) is 25.0 Å². The van der Waals surface area contributed by atoms with E-state index in [1.54, 1.807) is 13.1 Å². The van der Waals surface area contributed by atoms with Crippen LogP contribution in [-0.4, -0.2) is 50.5 Å². The minimum atomic E-state index is -4.38. The van der Waals surface area contributed by atoms with Gasteiger partial charge in [0.25, 0.3) is 0 Å². The molecule has 1 heterocycles. The number of alkyl halides is 3. The summed E-state index contributed by atoms with van der Waals surface area (Å²) in [5.41, 5.74) is 0.799. The fourth-order valence-electron chi connectivity index (χ4n) is 1.86. The molecule has 1 aromatic heterocycles. The minimum Gasteiger partial charge on any atom is -0.468 e. The van der Waals surface area contributed by atoms with Crippen molar-refractivity contribution >= 4 is 29.9 Å². The Bertz CT molecular complexity index is 540. The van der Waals surface area contributed by atoms with Gasteiger partial charge in [-0.15, -0.1) is 24.0 Å². The molecule has 0 aliphatic heterocycles. The van der Waals surface area contributed by atoms with Gasteiger partial charge in [0.05, 0.1) is 0 Å². The summed E-state index contributed by atoms with van der Waals surface area (Å²) in [6.07, 6.45) is -2.05. The molecule has 6 nitrogen and oxygen atoms in total. The van der Waals surface area contributed by atoms with E-state index in [2.05, 4.69) is 39.2 Å². The molecule has 1 aromatic rings. The molecule has 0 radical (unpaired) electrons. The molecule has 0 saturated carbocycles. The van der Waals surface area contributed by atoms with Crippen LogP contribution in [0.25, 0.3) is 0 Å². The Kier molecular flexibility index (Phi) is 13.1. The van der Waals surface area contributed by atoms with Gasteiger partial charge in [-0.2, -0.15) is 13.2 Å². The van der Waals surface area contributed by atoms with Gasteiger partial charge in [-0.1, -0.05) is 19.9 Å². The van der Waals surface area contributed by atoms with Crippen LogP contribution in [0.3, 0.4) is 0 Å². The van der Waals surface area contributed by atoms with E-state index in [4.69, 9.17) is 4.74 Å². The van der Waals surface area contributed by atoms with E-state index in [1.165, 1.54) is 12.3 Å². The van der Waals surface area contributed by atoms with Crippen LogP contribution in [0, 0.1) is 5.92 Å². The summed E-state index contributed by atoms with van der Waals surface area (Å²) in [4.78, 5) is 7.96. The van der Waals surface area contributed by atoms with Crippen molar-refractivity contribution in [2.75, 3.05) is 33.4 Å². The first-order valence-electron chi connectivity index (χ1n) is 8.47. The van der Waals surface area contributed by atoms with E-state index < -0.39 is 12.8 Å². The number of hydrogen-bond donors (Lipinski definition) is 2. The van der Waals surface area contributed by atoms with Crippen LogP contribution in [0.5, 0.6) is 5.88 Å². The Balaban J connectivity index is 0.00000676. The number of nitrogens with one attached hydrogen (secondary N) is 2. The number of hydrogen-bond acceptors (Lipinski definition) is 4. The second-order valence-electron chi connectivity index (χ2n) is 6.08. The van der Waals surface area contributed by atoms with Crippen LogP contribution < -0.4 is 15.4 Å². The van der Waals surface area contributed by atoms with Gasteiger partial charge >= 0.3 is 6.18 Å². The van der Waals surface area contributed by atoms with Crippen molar-refractivity contribution < 1.29 is 22.6 Å². The Morgan fingerprint density at radius 2 is 2.00 bits per heavy atom. The van der Waals surface area contributed by atoms with E-state index in [0.717, 1.165) is 25.1 Å². The van der Waals surface area contributed by atoms with Crippen LogP contribution in [0.1, 0.15) is 25.8 Å². The lowest BCUT2D eigenvalue weighted by Gasteiger charge is -2.13. The van der Waals surface area contributed by atoms with Gasteiger partial charge < -0.3 is 20.1 Å². The highest BCUT2D eigenvalue weighted by molar-refractivity contribution is 14.0. The number of aliphatic imine (C=N–C) groups is 1. The van der Waals surface area contributed by atoms with Gasteiger partial charge in [-0.3, -0.25) is 4.99 Å². The highest BCUT2D eigenvalue weighted by Crippen LogP contribution is 2.16. The van der Waals surface area contributed by atoms with Crippen molar-refractivity contribution in [3.63, 3.8) is 0 Å². The lowest BCUT2D eigenvalue weighted by atomic mass is 10.2. The van der Waals surface area contributed by atoms with Crippen molar-refractivity contribution in [1.82, 2.24) is 15.6 Å². The van der Waals surface area contributed by atoms with Gasteiger partial charge in [-0.25, -0.2) is 4.98 Å². The Morgan fingerprint density at radius 3 is 2.56 bits per heavy atom. The van der Waals surface area contributed by atoms with Gasteiger partial charge in [-0.05, 0) is 17.9 Å². The number of rotatable bonds is 10. The van der Waals surface area contributed by atoms with E-state index in [-0.39, 0.29) is 29.9 Å². The molecular weight excluding hydrogens is 476 g/mol. The molecule has 0 saturated heterocycles. The Labute approximate surface area is 175 Å². The number of ether oxygens (including phenoxy) is 2. The molecule has 0 aromatic carbocycles. The van der Waals surface area contributed by atoms with Gasteiger partial charge in [0.1, 0.15) is 0 Å². The topological polar surface area (TPSA) is 67.8 Å². The molecule has 0 bridgehead atoms. The first-order chi connectivity index (χ1) is 12.3. The summed E-state index contributed by atoms with van der Waals surface area (Å²) in [7, 11) is 1.66. The third-order valence-electron chi connectivity index (χ3n) is 3.07. The van der Waals surface area contributed by atoms with E-state index >= 15 is 0 Å². The normalized spacial score (nSPS) is 11.9. The summed E-state index contributed by atoms with van der Waals surface area (Å²) >= 11 is 0. The SMILES string of the molecule is CN=C(NCCCOCC(C)C)NCc1ccc(OCC(F)(F)F)nc1.I. The zero-order valence-electron chi connectivity index (χ0n) is 15.8. The minimum absolute atomic E-state index is 0. The molecule has 2 N–H and O–H groups in total. The van der Waals surface area contributed by atoms with Crippen molar-refractivity contribution in [3.05, 3.63) is 23.9 Å². The van der Waals surface area contributed by atoms with Crippen LogP contribution in [0.15, 0.2) is 23.3 Å². The Morgan fingerprint density at radius 1 is 1.26 bits per heavy atom. The highest BCUT2D eigenvalue weighted by Gasteiger charge is 2.28. The summed E-state index contributed by atoms with van der Waals surface area (Å²) in [6.45, 7) is 5.46. The third kappa shape index (κ3) is 13.5. The summed E-state index contributed by atoms with van der Waals surface area (Å²) in [5, 5.41) is 6.27. The molecule has 10 heteroatoms. The van der Waals surface area contributed by atoms with Gasteiger partial charge in [0, 0.05) is 45.6 Å². The second-order valence-corrected chi connectivity index (χ2v) is 6.08. The van der Waals surface area contributed by atoms with Crippen molar-refractivity contribution in [2.24, 2.45) is 10.9 Å². The fourth-order valence-corrected chi connectivity index (χ4v) is 1.86. The quantitative estimate of drug-likeness (QED) is 0.222. The molecule has 0 atom stereocenters. The molecule has 1 rings (SSSR count). The maximum Gasteiger partial charge on any atom is 0.422 e. The number of guanidine groups is 1. The van der Waals surface area contributed by atoms with E-state index in [9.17, 15) is 13.2 Å². The molecule has 0 unspecified atom stereocenters. The van der Waals surface area contributed by atoms with Crippen LogP contribution in [-0.2, 0) is 11.3 Å². The molecule has 0 amide bonds. The molecule has 0 aliphatic carbocycles. The predicted octanol–water partition coefficient (Wildman–Crippen LogP) is 3.37. The summed E-state index contributed by atoms with van der Waals surface area (Å²) in [5.74, 6) is 1.09. The third-order valence-corrected chi connectivity index (χ3v) is 3.07. The maximum absolute atomic E-state index is 12.1. The van der Waals surface area contributed by atoms with Crippen LogP contribution >= 0.6 is 24.0 Å². The largest absolute Gasteiger partial charge is 0.468 e. The zero-order chi connectivity index (χ0) is 19.4. The van der Waals surface area contributed by atoms with Crippen molar-refractivity contribution in [3.8, 4) is 5.88 Å². The zero-order valence-corrected chi connectivity index (χ0v) is 18.1. The van der Waals surface area contributed by atoms with Crippen molar-refractivity contribution in [2.45, 2.75) is 33.0 Å². The van der Waals surface area contributed by atoms with Gasteiger partial charge in [0.2, 0.25) is 5.88 Å². The van der Waals surface area contributed by atoms with Crippen LogP contribution in [0.2, 0.25) is 0 Å².